The van der Waals surface area contributed by atoms with Gasteiger partial charge in [0.25, 0.3) is 0 Å². The van der Waals surface area contributed by atoms with E-state index in [1.54, 1.807) is 13.0 Å². The summed E-state index contributed by atoms with van der Waals surface area (Å²) in [5.74, 6) is 0.0737. The van der Waals surface area contributed by atoms with E-state index in [0.717, 1.165) is 0 Å². The number of rotatable bonds is 6. The molecular formula is C14H18ClF2NO3. The number of nitrogens with one attached hydrogen (secondary N) is 1. The minimum Gasteiger partial charge on any atom is -0.434 e. The number of ether oxygens (including phenoxy) is 2. The summed E-state index contributed by atoms with van der Waals surface area (Å²) in [4.78, 5) is 0. The molecule has 1 aliphatic rings. The van der Waals surface area contributed by atoms with Crippen molar-refractivity contribution in [2.75, 3.05) is 13.2 Å². The molecule has 2 unspecified atom stereocenters. The standard InChI is InChI=1S/C14H18ClF2NO3/c1-9-14(19,4-5-20-9)8-18-7-10-6-11(15)2-3-12(10)21-13(16)17/h2-3,6,9,13,18-19H,4-5,7-8H2,1H3. The van der Waals surface area contributed by atoms with Crippen molar-refractivity contribution < 1.29 is 23.4 Å². The maximum atomic E-state index is 12.3. The van der Waals surface area contributed by atoms with Crippen LogP contribution in [0.15, 0.2) is 18.2 Å². The lowest BCUT2D eigenvalue weighted by Crippen LogP contribution is -2.45. The molecule has 1 aromatic rings. The fraction of sp³-hybridized carbons (Fsp3) is 0.571. The van der Waals surface area contributed by atoms with Gasteiger partial charge in [-0.05, 0) is 25.1 Å². The van der Waals surface area contributed by atoms with Gasteiger partial charge in [0.2, 0.25) is 0 Å². The highest BCUT2D eigenvalue weighted by atomic mass is 35.5. The molecule has 0 amide bonds. The van der Waals surface area contributed by atoms with Crippen LogP contribution < -0.4 is 10.1 Å². The van der Waals surface area contributed by atoms with E-state index in [2.05, 4.69) is 10.1 Å². The smallest absolute Gasteiger partial charge is 0.387 e. The Morgan fingerprint density at radius 1 is 1.57 bits per heavy atom. The minimum absolute atomic E-state index is 0.0737. The van der Waals surface area contributed by atoms with Crippen molar-refractivity contribution in [2.24, 2.45) is 0 Å². The van der Waals surface area contributed by atoms with E-state index in [-0.39, 0.29) is 18.4 Å². The molecule has 0 radical (unpaired) electrons. The second-order valence-corrected chi connectivity index (χ2v) is 5.54. The number of aliphatic hydroxyl groups is 1. The molecule has 118 valence electrons. The molecule has 7 heteroatoms. The fourth-order valence-corrected chi connectivity index (χ4v) is 2.51. The van der Waals surface area contributed by atoms with Crippen LogP contribution in [0.25, 0.3) is 0 Å². The fourth-order valence-electron chi connectivity index (χ4n) is 2.31. The SMILES string of the molecule is CC1OCCC1(O)CNCc1cc(Cl)ccc1OC(F)F. The van der Waals surface area contributed by atoms with E-state index in [1.165, 1.54) is 12.1 Å². The minimum atomic E-state index is -2.89. The first kappa shape index (κ1) is 16.4. The first-order valence-corrected chi connectivity index (χ1v) is 7.06. The molecule has 1 saturated heterocycles. The first-order valence-electron chi connectivity index (χ1n) is 6.69. The van der Waals surface area contributed by atoms with Crippen molar-refractivity contribution in [1.29, 1.82) is 0 Å². The molecule has 1 fully saturated rings. The molecule has 1 heterocycles. The van der Waals surface area contributed by atoms with E-state index in [9.17, 15) is 13.9 Å². The summed E-state index contributed by atoms with van der Waals surface area (Å²) >= 11 is 5.87. The van der Waals surface area contributed by atoms with Crippen molar-refractivity contribution in [3.8, 4) is 5.75 Å². The molecule has 0 spiro atoms. The monoisotopic (exact) mass is 321 g/mol. The number of halogens is 3. The zero-order chi connectivity index (χ0) is 15.5. The van der Waals surface area contributed by atoms with Crippen LogP contribution in [-0.4, -0.2) is 36.6 Å². The van der Waals surface area contributed by atoms with Gasteiger partial charge in [-0.3, -0.25) is 0 Å². The topological polar surface area (TPSA) is 50.7 Å². The molecule has 2 N–H and O–H groups in total. The Kier molecular flexibility index (Phi) is 5.37. The van der Waals surface area contributed by atoms with Crippen LogP contribution in [0.5, 0.6) is 5.75 Å². The van der Waals surface area contributed by atoms with Crippen molar-refractivity contribution in [2.45, 2.75) is 38.2 Å². The number of alkyl halides is 2. The van der Waals surface area contributed by atoms with E-state index in [4.69, 9.17) is 16.3 Å². The van der Waals surface area contributed by atoms with Crippen LogP contribution >= 0.6 is 11.6 Å². The first-order chi connectivity index (χ1) is 9.90. The van der Waals surface area contributed by atoms with Gasteiger partial charge in [0.15, 0.2) is 0 Å². The van der Waals surface area contributed by atoms with E-state index in [1.807, 2.05) is 0 Å². The van der Waals surface area contributed by atoms with Gasteiger partial charge in [-0.1, -0.05) is 11.6 Å². The third kappa shape index (κ3) is 4.26. The predicted molar refractivity (Wildman–Crippen MR) is 74.8 cm³/mol. The quantitative estimate of drug-likeness (QED) is 0.845. The third-order valence-electron chi connectivity index (χ3n) is 3.64. The maximum Gasteiger partial charge on any atom is 0.387 e. The summed E-state index contributed by atoms with van der Waals surface area (Å²) in [5, 5.41) is 13.8. The maximum absolute atomic E-state index is 12.3. The number of benzene rings is 1. The van der Waals surface area contributed by atoms with Gasteiger partial charge >= 0.3 is 6.61 Å². The van der Waals surface area contributed by atoms with Crippen LogP contribution in [0, 0.1) is 0 Å². The predicted octanol–water partition coefficient (Wildman–Crippen LogP) is 2.57. The average Bonchev–Trinajstić information content (AvgIpc) is 2.72. The zero-order valence-electron chi connectivity index (χ0n) is 11.6. The molecular weight excluding hydrogens is 304 g/mol. The summed E-state index contributed by atoms with van der Waals surface area (Å²) in [7, 11) is 0. The van der Waals surface area contributed by atoms with Crippen LogP contribution in [0.2, 0.25) is 5.02 Å². The summed E-state index contributed by atoms with van der Waals surface area (Å²) < 4.78 is 34.5. The molecule has 4 nitrogen and oxygen atoms in total. The highest BCUT2D eigenvalue weighted by Crippen LogP contribution is 2.27. The van der Waals surface area contributed by atoms with Crippen LogP contribution in [-0.2, 0) is 11.3 Å². The Bertz CT molecular complexity index is 489. The molecule has 2 atom stereocenters. The summed E-state index contributed by atoms with van der Waals surface area (Å²) in [5.41, 5.74) is -0.430. The third-order valence-corrected chi connectivity index (χ3v) is 3.88. The summed E-state index contributed by atoms with van der Waals surface area (Å²) in [6, 6.07) is 4.45. The van der Waals surface area contributed by atoms with Crippen molar-refractivity contribution >= 4 is 11.6 Å². The molecule has 0 aromatic heterocycles. The van der Waals surface area contributed by atoms with Gasteiger partial charge in [-0.2, -0.15) is 8.78 Å². The second kappa shape index (κ2) is 6.87. The van der Waals surface area contributed by atoms with Crippen molar-refractivity contribution in [3.63, 3.8) is 0 Å². The number of hydrogen-bond acceptors (Lipinski definition) is 4. The Morgan fingerprint density at radius 2 is 2.33 bits per heavy atom. The van der Waals surface area contributed by atoms with Gasteiger partial charge in [0.1, 0.15) is 11.4 Å². The van der Waals surface area contributed by atoms with Crippen LogP contribution in [0.4, 0.5) is 8.78 Å². The van der Waals surface area contributed by atoms with Crippen LogP contribution in [0.3, 0.4) is 0 Å². The summed E-state index contributed by atoms with van der Waals surface area (Å²) in [6.07, 6.45) is 0.276. The largest absolute Gasteiger partial charge is 0.434 e. The van der Waals surface area contributed by atoms with E-state index in [0.29, 0.717) is 30.2 Å². The van der Waals surface area contributed by atoms with Gasteiger partial charge in [-0.25, -0.2) is 0 Å². The Balaban J connectivity index is 1.97. The van der Waals surface area contributed by atoms with E-state index < -0.39 is 12.2 Å². The zero-order valence-corrected chi connectivity index (χ0v) is 12.4. The molecule has 0 bridgehead atoms. The molecule has 2 rings (SSSR count). The molecule has 1 aromatic carbocycles. The average molecular weight is 322 g/mol. The Labute approximate surface area is 127 Å². The van der Waals surface area contributed by atoms with E-state index >= 15 is 0 Å². The van der Waals surface area contributed by atoms with Gasteiger partial charge < -0.3 is 19.9 Å². The lowest BCUT2D eigenvalue weighted by Gasteiger charge is -2.26. The van der Waals surface area contributed by atoms with Gasteiger partial charge in [0.05, 0.1) is 6.10 Å². The Morgan fingerprint density at radius 3 is 2.95 bits per heavy atom. The molecule has 0 aliphatic carbocycles. The van der Waals surface area contributed by atoms with Crippen molar-refractivity contribution in [1.82, 2.24) is 5.32 Å². The van der Waals surface area contributed by atoms with Gasteiger partial charge in [-0.15, -0.1) is 0 Å². The lowest BCUT2D eigenvalue weighted by molar-refractivity contribution is -0.0507. The molecule has 1 aliphatic heterocycles. The molecule has 0 saturated carbocycles. The van der Waals surface area contributed by atoms with Gasteiger partial charge in [0, 0.05) is 36.7 Å². The highest BCUT2D eigenvalue weighted by Gasteiger charge is 2.38. The number of hydrogen-bond donors (Lipinski definition) is 2. The Hall–Kier alpha value is -0.950. The van der Waals surface area contributed by atoms with Crippen LogP contribution in [0.1, 0.15) is 18.9 Å². The lowest BCUT2D eigenvalue weighted by atomic mass is 9.96. The van der Waals surface area contributed by atoms with Crippen molar-refractivity contribution in [3.05, 3.63) is 28.8 Å². The summed E-state index contributed by atoms with van der Waals surface area (Å²) in [6.45, 7) is -0.0142. The second-order valence-electron chi connectivity index (χ2n) is 5.10. The molecule has 21 heavy (non-hydrogen) atoms. The highest BCUT2D eigenvalue weighted by molar-refractivity contribution is 6.30. The normalized spacial score (nSPS) is 25.5.